The number of aliphatic imine (C=N–C) groups is 1. The molecule has 1 aromatic rings. The first-order valence-electron chi connectivity index (χ1n) is 3.64. The molecule has 12 heavy (non-hydrogen) atoms. The largest absolute Gasteiger partial charge is 0.392 e. The van der Waals surface area contributed by atoms with E-state index in [-0.39, 0.29) is 12.5 Å². The van der Waals surface area contributed by atoms with E-state index in [0.717, 1.165) is 5.56 Å². The van der Waals surface area contributed by atoms with Crippen LogP contribution in [0, 0.1) is 0 Å². The summed E-state index contributed by atoms with van der Waals surface area (Å²) in [5.74, 6) is -0.255. The van der Waals surface area contributed by atoms with Crippen LogP contribution >= 0.6 is 0 Å². The van der Waals surface area contributed by atoms with Crippen LogP contribution in [0.3, 0.4) is 0 Å². The van der Waals surface area contributed by atoms with Gasteiger partial charge in [-0.1, -0.05) is 18.2 Å². The minimum Gasteiger partial charge on any atom is -0.392 e. The zero-order valence-electron chi connectivity index (χ0n) is 6.32. The molecule has 1 heterocycles. The van der Waals surface area contributed by atoms with E-state index in [1.807, 2.05) is 6.07 Å². The van der Waals surface area contributed by atoms with E-state index in [1.54, 1.807) is 12.1 Å². The highest BCUT2D eigenvalue weighted by atomic mass is 16.3. The van der Waals surface area contributed by atoms with Gasteiger partial charge < -0.3 is 5.11 Å². The van der Waals surface area contributed by atoms with Crippen molar-refractivity contribution in [2.75, 3.05) is 0 Å². The molecule has 0 spiro atoms. The average Bonchev–Trinajstić information content (AvgIpc) is 2.48. The molecule has 3 nitrogen and oxygen atoms in total. The highest BCUT2D eigenvalue weighted by Gasteiger charge is 2.18. The molecule has 1 N–H and O–H groups in total. The summed E-state index contributed by atoms with van der Waals surface area (Å²) >= 11 is 0. The number of hydrogen-bond donors (Lipinski definition) is 1. The van der Waals surface area contributed by atoms with Crippen molar-refractivity contribution in [2.24, 2.45) is 4.99 Å². The zero-order valence-corrected chi connectivity index (χ0v) is 6.32. The lowest BCUT2D eigenvalue weighted by Crippen LogP contribution is -1.99. The van der Waals surface area contributed by atoms with Crippen molar-refractivity contribution in [1.82, 2.24) is 0 Å². The highest BCUT2D eigenvalue weighted by molar-refractivity contribution is 6.13. The van der Waals surface area contributed by atoms with Crippen molar-refractivity contribution in [1.29, 1.82) is 0 Å². The summed E-state index contributed by atoms with van der Waals surface area (Å²) < 4.78 is 0. The summed E-state index contributed by atoms with van der Waals surface area (Å²) in [7, 11) is 0. The van der Waals surface area contributed by atoms with Crippen molar-refractivity contribution in [2.45, 2.75) is 6.61 Å². The van der Waals surface area contributed by atoms with Gasteiger partial charge in [-0.2, -0.15) is 0 Å². The number of hydrogen-bond acceptors (Lipinski definition) is 2. The smallest absolute Gasteiger partial charge is 0.278 e. The van der Waals surface area contributed by atoms with Crippen molar-refractivity contribution in [3.63, 3.8) is 0 Å². The van der Waals surface area contributed by atoms with Crippen molar-refractivity contribution in [3.05, 3.63) is 34.9 Å². The second kappa shape index (κ2) is 2.53. The van der Waals surface area contributed by atoms with Crippen molar-refractivity contribution in [3.8, 4) is 0 Å². The van der Waals surface area contributed by atoms with E-state index >= 15 is 0 Å². The first-order chi connectivity index (χ1) is 5.83. The molecule has 0 aromatic heterocycles. The molecule has 1 aromatic carbocycles. The number of rotatable bonds is 1. The Morgan fingerprint density at radius 3 is 3.00 bits per heavy atom. The summed E-state index contributed by atoms with van der Waals surface area (Å²) in [4.78, 5) is 14.8. The third kappa shape index (κ3) is 0.871. The summed E-state index contributed by atoms with van der Waals surface area (Å²) in [6.07, 6.45) is 1.52. The Labute approximate surface area is 69.4 Å². The monoisotopic (exact) mass is 161 g/mol. The lowest BCUT2D eigenvalue weighted by Gasteiger charge is -2.01. The van der Waals surface area contributed by atoms with Crippen LogP contribution in [-0.4, -0.2) is 17.2 Å². The molecule has 0 aliphatic carbocycles. The molecule has 0 fully saturated rings. The van der Waals surface area contributed by atoms with Crippen molar-refractivity contribution < 1.29 is 9.90 Å². The Morgan fingerprint density at radius 2 is 2.25 bits per heavy atom. The maximum absolute atomic E-state index is 11.1. The predicted molar refractivity (Wildman–Crippen MR) is 44.3 cm³/mol. The first-order valence-corrected chi connectivity index (χ1v) is 3.64. The van der Waals surface area contributed by atoms with Crippen LogP contribution in [0.25, 0.3) is 0 Å². The first kappa shape index (κ1) is 7.18. The van der Waals surface area contributed by atoms with Crippen LogP contribution in [-0.2, 0) is 6.61 Å². The van der Waals surface area contributed by atoms with Gasteiger partial charge >= 0.3 is 0 Å². The maximum atomic E-state index is 11.1. The molecule has 1 aliphatic rings. The number of amides is 1. The SMILES string of the molecule is O=C1N=Cc2cccc(CO)c21. The Balaban J connectivity index is 2.65. The Bertz CT molecular complexity index is 369. The second-order valence-corrected chi connectivity index (χ2v) is 2.60. The van der Waals surface area contributed by atoms with Crippen LogP contribution in [0.15, 0.2) is 23.2 Å². The van der Waals surface area contributed by atoms with Gasteiger partial charge in [0.15, 0.2) is 0 Å². The molecule has 0 bridgehead atoms. The van der Waals surface area contributed by atoms with Crippen LogP contribution in [0.2, 0.25) is 0 Å². The molecule has 0 unspecified atom stereocenters. The van der Waals surface area contributed by atoms with Gasteiger partial charge in [0.25, 0.3) is 5.91 Å². The molecule has 0 radical (unpaired) electrons. The normalized spacial score (nSPS) is 13.6. The van der Waals surface area contributed by atoms with Crippen LogP contribution in [0.5, 0.6) is 0 Å². The summed E-state index contributed by atoms with van der Waals surface area (Å²) in [6.45, 7) is -0.113. The van der Waals surface area contributed by atoms with E-state index in [1.165, 1.54) is 6.21 Å². The van der Waals surface area contributed by atoms with Crippen LogP contribution in [0.4, 0.5) is 0 Å². The number of aliphatic hydroxyl groups excluding tert-OH is 1. The fourth-order valence-electron chi connectivity index (χ4n) is 1.31. The number of carbonyl (C=O) groups excluding carboxylic acids is 1. The number of benzene rings is 1. The van der Waals surface area contributed by atoms with Gasteiger partial charge in [-0.3, -0.25) is 4.79 Å². The van der Waals surface area contributed by atoms with E-state index in [0.29, 0.717) is 11.1 Å². The lowest BCUT2D eigenvalue weighted by atomic mass is 10.0. The molecule has 1 aliphatic heterocycles. The molecule has 1 amide bonds. The van der Waals surface area contributed by atoms with Gasteiger partial charge in [-0.05, 0) is 5.56 Å². The fourth-order valence-corrected chi connectivity index (χ4v) is 1.31. The molecule has 3 heteroatoms. The van der Waals surface area contributed by atoms with E-state index in [4.69, 9.17) is 5.11 Å². The number of nitrogens with zero attached hydrogens (tertiary/aromatic N) is 1. The van der Waals surface area contributed by atoms with E-state index in [2.05, 4.69) is 4.99 Å². The molecular weight excluding hydrogens is 154 g/mol. The summed E-state index contributed by atoms with van der Waals surface area (Å²) in [5.41, 5.74) is 1.99. The molecule has 0 atom stereocenters. The summed E-state index contributed by atoms with van der Waals surface area (Å²) in [6, 6.07) is 5.34. The second-order valence-electron chi connectivity index (χ2n) is 2.60. The van der Waals surface area contributed by atoms with Crippen LogP contribution in [0.1, 0.15) is 21.5 Å². The number of carbonyl (C=O) groups is 1. The minimum absolute atomic E-state index is 0.113. The molecule has 0 saturated heterocycles. The maximum Gasteiger partial charge on any atom is 0.278 e. The topological polar surface area (TPSA) is 49.7 Å². The number of aliphatic hydroxyl groups is 1. The lowest BCUT2D eigenvalue weighted by molar-refractivity contribution is 0.100. The quantitative estimate of drug-likeness (QED) is 0.660. The van der Waals surface area contributed by atoms with E-state index in [9.17, 15) is 4.79 Å². The third-order valence-electron chi connectivity index (χ3n) is 1.89. The zero-order chi connectivity index (χ0) is 8.55. The van der Waals surface area contributed by atoms with Gasteiger partial charge in [-0.15, -0.1) is 0 Å². The highest BCUT2D eigenvalue weighted by Crippen LogP contribution is 2.18. The molecule has 0 saturated carbocycles. The molecule has 60 valence electrons. The third-order valence-corrected chi connectivity index (χ3v) is 1.89. The average molecular weight is 161 g/mol. The van der Waals surface area contributed by atoms with Gasteiger partial charge in [-0.25, -0.2) is 4.99 Å². The van der Waals surface area contributed by atoms with Gasteiger partial charge in [0.2, 0.25) is 0 Å². The standard InChI is InChI=1S/C9H7NO2/c11-5-7-3-1-2-6-4-10-9(12)8(6)7/h1-4,11H,5H2. The van der Waals surface area contributed by atoms with Crippen LogP contribution < -0.4 is 0 Å². The minimum atomic E-state index is -0.255. The van der Waals surface area contributed by atoms with Gasteiger partial charge in [0, 0.05) is 11.8 Å². The summed E-state index contributed by atoms with van der Waals surface area (Å²) in [5, 5.41) is 8.91. The van der Waals surface area contributed by atoms with Crippen molar-refractivity contribution >= 4 is 12.1 Å². The molecule has 2 rings (SSSR count). The fraction of sp³-hybridized carbons (Fsp3) is 0.111. The Kier molecular flexibility index (Phi) is 1.52. The van der Waals surface area contributed by atoms with Gasteiger partial charge in [0.05, 0.1) is 12.2 Å². The Hall–Kier alpha value is -1.48. The van der Waals surface area contributed by atoms with E-state index < -0.39 is 0 Å². The molecular formula is C9H7NO2. The predicted octanol–water partition coefficient (Wildman–Crippen LogP) is 0.752. The number of fused-ring (bicyclic) bond motifs is 1. The van der Waals surface area contributed by atoms with Gasteiger partial charge in [0.1, 0.15) is 0 Å². The Morgan fingerprint density at radius 1 is 1.42 bits per heavy atom.